The van der Waals surface area contributed by atoms with Crippen molar-refractivity contribution in [3.05, 3.63) is 90.1 Å². The van der Waals surface area contributed by atoms with E-state index >= 15 is 0 Å². The van der Waals surface area contributed by atoms with E-state index in [9.17, 15) is 14.7 Å². The summed E-state index contributed by atoms with van der Waals surface area (Å²) in [6.45, 7) is 18.8. The summed E-state index contributed by atoms with van der Waals surface area (Å²) in [6.07, 6.45) is 11.7. The molecule has 0 aromatic carbocycles. The largest absolute Gasteiger partial charge is 0.510 e. The first-order valence-electron chi connectivity index (χ1n) is 17.2. The summed E-state index contributed by atoms with van der Waals surface area (Å²) < 4.78 is 10.8. The summed E-state index contributed by atoms with van der Waals surface area (Å²) >= 11 is 0. The average Bonchev–Trinajstić information content (AvgIpc) is 3.80. The van der Waals surface area contributed by atoms with Gasteiger partial charge in [0.25, 0.3) is 0 Å². The number of allylic oxidation sites excluding steroid dienone is 2. The number of fused-ring (bicyclic) bond motifs is 8. The zero-order valence-electron chi connectivity index (χ0n) is 29.8. The molecule has 5 heterocycles. The third-order valence-electron chi connectivity index (χ3n) is 10.7. The van der Waals surface area contributed by atoms with Crippen molar-refractivity contribution in [3.63, 3.8) is 0 Å². The van der Waals surface area contributed by atoms with Gasteiger partial charge in [0.15, 0.2) is 0 Å². The van der Waals surface area contributed by atoms with Crippen molar-refractivity contribution in [2.75, 3.05) is 13.7 Å². The molecule has 1 unspecified atom stereocenters. The molecule has 1 fully saturated rings. The number of rotatable bonds is 8. The van der Waals surface area contributed by atoms with E-state index in [0.29, 0.717) is 17.0 Å². The molecule has 5 N–H and O–H groups in total. The quantitative estimate of drug-likeness (QED) is 0.183. The van der Waals surface area contributed by atoms with Crippen molar-refractivity contribution >= 4 is 47.6 Å². The van der Waals surface area contributed by atoms with E-state index in [2.05, 4.69) is 72.8 Å². The van der Waals surface area contributed by atoms with Gasteiger partial charge in [-0.25, -0.2) is 0 Å². The molecular formula is C40H48N4O5. The number of aliphatic hydroxyl groups excluding tert-OH is 1. The Kier molecular flexibility index (Phi) is 9.13. The molecule has 9 heteroatoms. The van der Waals surface area contributed by atoms with Crippen LogP contribution in [0.3, 0.4) is 0 Å². The fraction of sp³-hybridized carbons (Fsp3) is 0.400. The second kappa shape index (κ2) is 13.2. The van der Waals surface area contributed by atoms with Crippen LogP contribution in [0.25, 0.3) is 35.6 Å². The Bertz CT molecular complexity index is 2180. The van der Waals surface area contributed by atoms with E-state index in [1.165, 1.54) is 18.2 Å². The molecule has 0 saturated carbocycles. The van der Waals surface area contributed by atoms with Gasteiger partial charge in [-0.3, -0.25) is 9.59 Å². The minimum atomic E-state index is -0.986. The summed E-state index contributed by atoms with van der Waals surface area (Å²) in [5, 5.41) is 18.9. The second-order valence-electron chi connectivity index (χ2n) is 13.8. The lowest BCUT2D eigenvalue weighted by atomic mass is 9.80. The molecule has 1 saturated heterocycles. The fourth-order valence-electron chi connectivity index (χ4n) is 7.94. The summed E-state index contributed by atoms with van der Waals surface area (Å²) in [7, 11) is 1.34. The maximum atomic E-state index is 13.5. The predicted molar refractivity (Wildman–Crippen MR) is 194 cm³/mol. The Morgan fingerprint density at radius 1 is 0.980 bits per heavy atom. The van der Waals surface area contributed by atoms with E-state index in [-0.39, 0.29) is 42.6 Å². The van der Waals surface area contributed by atoms with Crippen molar-refractivity contribution in [2.45, 2.75) is 73.8 Å². The van der Waals surface area contributed by atoms with E-state index < -0.39 is 11.9 Å². The first-order valence-corrected chi connectivity index (χ1v) is 17.2. The number of H-pyrrole nitrogens is 3. The normalized spacial score (nSPS) is 23.1. The zero-order valence-corrected chi connectivity index (χ0v) is 29.8. The number of nitrogens with one attached hydrogen (secondary N) is 4. The SMILES string of the molecule is C=Cc1c2[nH]c(c1C)/C=C1\NC(C3=c4[nH]c(c(C)c4=C(O)[C@H]3C(=O)OC)/C=c3\[nH]/c(c(C)c3CC)=C\2)[C@@H](CCC(=O)OCC=C(C)C)[C@@H]1C. The highest BCUT2D eigenvalue weighted by Crippen LogP contribution is 2.42. The molecule has 8 bridgehead atoms. The van der Waals surface area contributed by atoms with E-state index in [0.717, 1.165) is 67.7 Å². The molecule has 4 atom stereocenters. The van der Waals surface area contributed by atoms with Gasteiger partial charge in [-0.2, -0.15) is 0 Å². The molecule has 1 aliphatic carbocycles. The molecule has 49 heavy (non-hydrogen) atoms. The van der Waals surface area contributed by atoms with Crippen LogP contribution in [0, 0.1) is 38.5 Å². The van der Waals surface area contributed by atoms with Crippen LogP contribution in [-0.4, -0.2) is 51.8 Å². The highest BCUT2D eigenvalue weighted by atomic mass is 16.5. The van der Waals surface area contributed by atoms with Crippen molar-refractivity contribution in [2.24, 2.45) is 17.8 Å². The van der Waals surface area contributed by atoms with Crippen LogP contribution in [-0.2, 0) is 25.5 Å². The Hall–Kier alpha value is -4.92. The number of aliphatic hydroxyl groups is 1. The number of carbonyl (C=O) groups is 2. The van der Waals surface area contributed by atoms with Crippen LogP contribution in [0.5, 0.6) is 0 Å². The highest BCUT2D eigenvalue weighted by Gasteiger charge is 2.47. The van der Waals surface area contributed by atoms with Gasteiger partial charge in [-0.15, -0.1) is 0 Å². The fourth-order valence-corrected chi connectivity index (χ4v) is 7.94. The van der Waals surface area contributed by atoms with Crippen LogP contribution in [0.15, 0.2) is 23.9 Å². The van der Waals surface area contributed by atoms with E-state index in [1.54, 1.807) is 0 Å². The third kappa shape index (κ3) is 5.79. The molecule has 0 spiro atoms. The summed E-state index contributed by atoms with van der Waals surface area (Å²) in [5.41, 5.74) is 10.8. The van der Waals surface area contributed by atoms with E-state index in [4.69, 9.17) is 9.47 Å². The van der Waals surface area contributed by atoms with Gasteiger partial charge in [0.2, 0.25) is 0 Å². The standard InChI is InChI=1S/C40H48N4O5/c1-10-24-20(5)27-16-29-22(7)26(12-13-33(45)49-15-14-19(3)4)37(43-29)35-36(40(47)48-9)39(46)34-23(8)30(44-38(34)35)18-32-25(11-2)21(6)28(42-32)17-31(24)41-27/h10,14,16-18,22,26,36-37,41-44,46H,1,11-13,15H2,2-9H3/b28-17-,29-16-,32-18-/t22-,26-,36-,37?/m0/s1. The first kappa shape index (κ1) is 34.0. The predicted octanol–water partition coefficient (Wildman–Crippen LogP) is 3.95. The molecule has 0 radical (unpaired) electrons. The lowest BCUT2D eigenvalue weighted by Crippen LogP contribution is -2.38. The van der Waals surface area contributed by atoms with Crippen molar-refractivity contribution < 1.29 is 24.2 Å². The smallest absolute Gasteiger partial charge is 0.320 e. The Morgan fingerprint density at radius 2 is 1.69 bits per heavy atom. The number of hydrogen-bond donors (Lipinski definition) is 5. The maximum absolute atomic E-state index is 13.5. The van der Waals surface area contributed by atoms with Gasteiger partial charge in [-0.05, 0) is 106 Å². The molecule has 0 amide bonds. The number of ether oxygens (including phenoxy) is 2. The summed E-state index contributed by atoms with van der Waals surface area (Å²) in [4.78, 5) is 37.3. The van der Waals surface area contributed by atoms with Crippen LogP contribution in [0.1, 0.15) is 85.4 Å². The molecule has 9 nitrogen and oxygen atoms in total. The first-order chi connectivity index (χ1) is 23.4. The van der Waals surface area contributed by atoms with Gasteiger partial charge >= 0.3 is 11.9 Å². The number of aromatic nitrogens is 3. The van der Waals surface area contributed by atoms with Gasteiger partial charge in [-0.1, -0.05) is 32.1 Å². The van der Waals surface area contributed by atoms with E-state index in [1.807, 2.05) is 32.9 Å². The Labute approximate surface area is 286 Å². The second-order valence-corrected chi connectivity index (χ2v) is 13.8. The topological polar surface area (TPSA) is 132 Å². The molecule has 6 rings (SSSR count). The van der Waals surface area contributed by atoms with Crippen LogP contribution in [0.2, 0.25) is 0 Å². The summed E-state index contributed by atoms with van der Waals surface area (Å²) in [6, 6.07) is -0.385. The molecular weight excluding hydrogens is 616 g/mol. The van der Waals surface area contributed by atoms with Gasteiger partial charge in [0.05, 0.1) is 18.5 Å². The Morgan fingerprint density at radius 3 is 2.37 bits per heavy atom. The highest BCUT2D eigenvalue weighted by molar-refractivity contribution is 5.95. The van der Waals surface area contributed by atoms with Crippen LogP contribution < -0.4 is 26.6 Å². The summed E-state index contributed by atoms with van der Waals surface area (Å²) in [5.74, 6) is -1.93. The number of hydrogen-bond acceptors (Lipinski definition) is 6. The van der Waals surface area contributed by atoms with Crippen LogP contribution in [0.4, 0.5) is 0 Å². The van der Waals surface area contributed by atoms with Crippen molar-refractivity contribution in [1.82, 2.24) is 20.3 Å². The average molecular weight is 665 g/mol. The number of esters is 2. The molecule has 258 valence electrons. The third-order valence-corrected chi connectivity index (χ3v) is 10.7. The minimum Gasteiger partial charge on any atom is -0.510 e. The van der Waals surface area contributed by atoms with Gasteiger partial charge < -0.3 is 34.8 Å². The lowest BCUT2D eigenvalue weighted by molar-refractivity contribution is -0.143. The molecule has 3 aromatic rings. The molecule has 3 aliphatic rings. The molecule has 2 aliphatic heterocycles. The maximum Gasteiger partial charge on any atom is 0.320 e. The number of methoxy groups -OCH3 is 1. The van der Waals surface area contributed by atoms with Crippen molar-refractivity contribution in [1.29, 1.82) is 0 Å². The zero-order chi connectivity index (χ0) is 35.3. The lowest BCUT2D eigenvalue weighted by Gasteiger charge is -2.26. The molecule has 3 aromatic heterocycles. The van der Waals surface area contributed by atoms with Crippen molar-refractivity contribution in [3.8, 4) is 0 Å². The number of carbonyl (C=O) groups excluding carboxylic acids is 2. The number of aromatic amines is 3. The Balaban J connectivity index is 1.61. The van der Waals surface area contributed by atoms with Gasteiger partial charge in [0.1, 0.15) is 18.3 Å². The monoisotopic (exact) mass is 664 g/mol. The van der Waals surface area contributed by atoms with Crippen LogP contribution >= 0.6 is 0 Å². The minimum absolute atomic E-state index is 0.0208. The van der Waals surface area contributed by atoms with Gasteiger partial charge in [0, 0.05) is 56.6 Å².